The van der Waals surface area contributed by atoms with Gasteiger partial charge in [0.25, 0.3) is 5.91 Å². The molecule has 2 N–H and O–H groups in total. The summed E-state index contributed by atoms with van der Waals surface area (Å²) in [6.45, 7) is 0. The Morgan fingerprint density at radius 1 is 0.702 bits per heavy atom. The molecule has 1 amide bonds. The predicted molar refractivity (Wildman–Crippen MR) is 186 cm³/mol. The number of alkyl halides is 1. The molecule has 0 aliphatic carbocycles. The number of carbonyl (C=O) groups excluding carboxylic acids is 3. The number of hydrogen-bond acceptors (Lipinski definition) is 6. The van der Waals surface area contributed by atoms with Gasteiger partial charge in [-0.15, -0.1) is 0 Å². The lowest BCUT2D eigenvalue weighted by molar-refractivity contribution is 0.0973. The maximum Gasteiger partial charge on any atom is 0.261 e. The zero-order chi connectivity index (χ0) is 34.3. The highest BCUT2D eigenvalue weighted by molar-refractivity contribution is 7.80. The molecule has 0 aliphatic heterocycles. The molecule has 0 unspecified atom stereocenters. The molecule has 0 fully saturated rings. The van der Waals surface area contributed by atoms with E-state index in [1.54, 1.807) is 49.5 Å². The highest BCUT2D eigenvalue weighted by Gasteiger charge is 2.13. The quantitative estimate of drug-likeness (QED) is 0.133. The maximum absolute atomic E-state index is 12.4. The molecular formula is C37H36F2N2O5S. The summed E-state index contributed by atoms with van der Waals surface area (Å²) in [5, 5.41) is 5.53. The monoisotopic (exact) mass is 659 g/mol. The zero-order valence-corrected chi connectivity index (χ0v) is 25.6. The summed E-state index contributed by atoms with van der Waals surface area (Å²) < 4.78 is 39.1. The first-order valence-corrected chi connectivity index (χ1v) is 13.9. The number of ether oxygens (including phenoxy) is 2. The fraction of sp³-hybridized carbons (Fsp3) is 0.0811. The molecule has 10 heteroatoms. The number of rotatable bonds is 7. The number of amides is 1. The lowest BCUT2D eigenvalue weighted by Crippen LogP contribution is -2.37. The van der Waals surface area contributed by atoms with Crippen molar-refractivity contribution in [2.24, 2.45) is 0 Å². The van der Waals surface area contributed by atoms with Crippen LogP contribution in [-0.4, -0.2) is 37.8 Å². The van der Waals surface area contributed by atoms with Crippen molar-refractivity contribution in [1.82, 2.24) is 10.6 Å². The normalized spacial score (nSPS) is 9.30. The van der Waals surface area contributed by atoms with Crippen LogP contribution in [0, 0.1) is 5.82 Å². The number of carbonyl (C=O) groups is 3. The lowest BCUT2D eigenvalue weighted by Gasteiger charge is -2.11. The molecule has 0 saturated heterocycles. The molecule has 5 aromatic carbocycles. The number of para-hydroxylation sites is 4. The Morgan fingerprint density at radius 3 is 1.62 bits per heavy atom. The molecule has 5 rings (SSSR count). The molecule has 7 nitrogen and oxygen atoms in total. The van der Waals surface area contributed by atoms with Crippen molar-refractivity contribution in [3.63, 3.8) is 0 Å². The second-order valence-corrected chi connectivity index (χ2v) is 9.06. The van der Waals surface area contributed by atoms with Crippen LogP contribution in [-0.2, 0) is 0 Å². The molecule has 244 valence electrons. The largest absolute Gasteiger partial charge is 0.457 e. The van der Waals surface area contributed by atoms with Gasteiger partial charge in [0.05, 0.1) is 25.2 Å². The Bertz CT molecular complexity index is 1700. The molecular weight excluding hydrogens is 622 g/mol. The summed E-state index contributed by atoms with van der Waals surface area (Å²) in [7, 11) is 0.648. The Hall–Kier alpha value is -5.74. The third kappa shape index (κ3) is 13.8. The first kappa shape index (κ1) is 37.4. The third-order valence-electron chi connectivity index (χ3n) is 5.61. The van der Waals surface area contributed by atoms with E-state index in [2.05, 4.69) is 10.6 Å². The van der Waals surface area contributed by atoms with Gasteiger partial charge in [-0.3, -0.25) is 24.1 Å². The van der Waals surface area contributed by atoms with Gasteiger partial charge in [0, 0.05) is 7.05 Å². The highest BCUT2D eigenvalue weighted by Crippen LogP contribution is 2.25. The Kier molecular flexibility index (Phi) is 18.1. The molecule has 47 heavy (non-hydrogen) atoms. The van der Waals surface area contributed by atoms with E-state index in [-0.39, 0.29) is 24.0 Å². The van der Waals surface area contributed by atoms with Crippen LogP contribution in [0.3, 0.4) is 0 Å². The van der Waals surface area contributed by atoms with Crippen LogP contribution in [0.2, 0.25) is 0 Å². The van der Waals surface area contributed by atoms with Crippen LogP contribution >= 0.6 is 12.2 Å². The SMILES string of the molecule is C.CNC(=S)NC(=O)c1ccccc1Oc1ccccc1.O=Cc1ccccc1F.O=Cc1ccccc1Oc1ccccc1.[2H]CF. The van der Waals surface area contributed by atoms with Gasteiger partial charge in [-0.2, -0.15) is 0 Å². The molecule has 0 saturated carbocycles. The minimum Gasteiger partial charge on any atom is -0.457 e. The minimum atomic E-state index is -1.00. The van der Waals surface area contributed by atoms with E-state index >= 15 is 0 Å². The summed E-state index contributed by atoms with van der Waals surface area (Å²) in [5.74, 6) is 1.69. The fourth-order valence-corrected chi connectivity index (χ4v) is 3.54. The van der Waals surface area contributed by atoms with Crippen molar-refractivity contribution in [2.45, 2.75) is 7.43 Å². The van der Waals surface area contributed by atoms with E-state index in [4.69, 9.17) is 23.1 Å². The Labute approximate surface area is 280 Å². The van der Waals surface area contributed by atoms with Crippen molar-refractivity contribution < 1.29 is 34.0 Å². The van der Waals surface area contributed by atoms with Crippen molar-refractivity contribution in [3.05, 3.63) is 156 Å². The summed E-state index contributed by atoms with van der Waals surface area (Å²) in [6.07, 6.45) is 1.29. The van der Waals surface area contributed by atoms with E-state index < -0.39 is 13.0 Å². The fourth-order valence-electron chi connectivity index (χ4n) is 3.45. The van der Waals surface area contributed by atoms with Gasteiger partial charge in [-0.1, -0.05) is 80.2 Å². The Morgan fingerprint density at radius 2 is 1.13 bits per heavy atom. The van der Waals surface area contributed by atoms with Crippen molar-refractivity contribution in [3.8, 4) is 23.0 Å². The molecule has 5 aromatic rings. The maximum atomic E-state index is 12.4. The number of halogens is 2. The number of thiocarbonyl (C=S) groups is 1. The van der Waals surface area contributed by atoms with E-state index in [1.165, 1.54) is 12.1 Å². The van der Waals surface area contributed by atoms with Crippen molar-refractivity contribution in [2.75, 3.05) is 14.2 Å². The lowest BCUT2D eigenvalue weighted by atomic mass is 10.2. The van der Waals surface area contributed by atoms with Gasteiger partial charge in [0.1, 0.15) is 28.8 Å². The van der Waals surface area contributed by atoms with Crippen LogP contribution in [0.1, 0.15) is 39.9 Å². The Balaban J connectivity index is 0.000000362. The van der Waals surface area contributed by atoms with E-state index in [9.17, 15) is 23.2 Å². The zero-order valence-electron chi connectivity index (χ0n) is 25.8. The van der Waals surface area contributed by atoms with E-state index in [0.717, 1.165) is 12.0 Å². The van der Waals surface area contributed by atoms with Gasteiger partial charge < -0.3 is 14.8 Å². The number of aldehydes is 2. The molecule has 0 aliphatic rings. The first-order valence-electron chi connectivity index (χ1n) is 14.2. The molecule has 0 spiro atoms. The molecule has 0 radical (unpaired) electrons. The van der Waals surface area contributed by atoms with E-state index in [1.807, 2.05) is 78.9 Å². The topological polar surface area (TPSA) is 93.7 Å². The minimum absolute atomic E-state index is 0. The van der Waals surface area contributed by atoms with Crippen molar-refractivity contribution >= 4 is 35.8 Å². The molecule has 0 atom stereocenters. The van der Waals surface area contributed by atoms with Gasteiger partial charge in [-0.05, 0) is 72.9 Å². The smallest absolute Gasteiger partial charge is 0.261 e. The second kappa shape index (κ2) is 22.7. The van der Waals surface area contributed by atoms with Crippen LogP contribution in [0.15, 0.2) is 133 Å². The standard InChI is InChI=1S/C15H14N2O2S.C13H10O2.C7H5FO.CH3F.CH4/c1-16-15(20)17-14(18)12-9-5-6-10-13(12)19-11-7-3-2-4-8-11;14-10-11-6-4-5-9-13(11)15-12-7-2-1-3-8-12;8-7-4-2-1-3-6(7)5-9;1-2;/h2-10H,1H3,(H2,16,17,18,20);1-10H;1-5H;1H3;1H4/i;;;1D;. The van der Waals surface area contributed by atoms with E-state index in [0.29, 0.717) is 34.7 Å². The van der Waals surface area contributed by atoms with Crippen LogP contribution in [0.5, 0.6) is 23.0 Å². The van der Waals surface area contributed by atoms with Gasteiger partial charge in [0.15, 0.2) is 17.7 Å². The predicted octanol–water partition coefficient (Wildman–Crippen LogP) is 8.86. The van der Waals surface area contributed by atoms with Crippen LogP contribution in [0.4, 0.5) is 8.78 Å². The van der Waals surface area contributed by atoms with Crippen molar-refractivity contribution in [1.29, 1.82) is 0 Å². The summed E-state index contributed by atoms with van der Waals surface area (Å²) in [5.41, 5.74) is 1.09. The average molecular weight is 660 g/mol. The summed E-state index contributed by atoms with van der Waals surface area (Å²) >= 11 is 4.92. The van der Waals surface area contributed by atoms with Crippen LogP contribution in [0.25, 0.3) is 0 Å². The molecule has 0 heterocycles. The summed E-state index contributed by atoms with van der Waals surface area (Å²) in [4.78, 5) is 32.8. The van der Waals surface area contributed by atoms with Gasteiger partial charge >= 0.3 is 0 Å². The second-order valence-electron chi connectivity index (χ2n) is 8.65. The van der Waals surface area contributed by atoms with Crippen LogP contribution < -0.4 is 20.1 Å². The molecule has 0 bridgehead atoms. The highest BCUT2D eigenvalue weighted by atomic mass is 32.1. The number of hydrogen-bond donors (Lipinski definition) is 2. The van der Waals surface area contributed by atoms with Gasteiger partial charge in [0.2, 0.25) is 0 Å². The number of nitrogens with one attached hydrogen (secondary N) is 2. The average Bonchev–Trinajstić information content (AvgIpc) is 3.11. The van der Waals surface area contributed by atoms with Gasteiger partial charge in [-0.25, -0.2) is 4.39 Å². The third-order valence-corrected chi connectivity index (χ3v) is 5.91. The number of benzene rings is 5. The summed E-state index contributed by atoms with van der Waals surface area (Å²) in [6, 6.07) is 38.7. The molecule has 0 aromatic heterocycles. The first-order chi connectivity index (χ1) is 22.9.